The predicted octanol–water partition coefficient (Wildman–Crippen LogP) is 4.56. The van der Waals surface area contributed by atoms with E-state index in [1.54, 1.807) is 0 Å². The normalized spacial score (nSPS) is 16.5. The van der Waals surface area contributed by atoms with Crippen LogP contribution in [0.2, 0.25) is 0 Å². The molecule has 0 aromatic carbocycles. The van der Waals surface area contributed by atoms with Crippen LogP contribution in [0, 0.1) is 12.8 Å². The van der Waals surface area contributed by atoms with Crippen molar-refractivity contribution in [3.05, 3.63) is 22.3 Å². The Balaban J connectivity index is 2.26. The molecule has 0 atom stereocenters. The van der Waals surface area contributed by atoms with Gasteiger partial charge in [0.25, 0.3) is 0 Å². The van der Waals surface area contributed by atoms with E-state index < -0.39 is 0 Å². The number of pyridine rings is 1. The lowest BCUT2D eigenvalue weighted by Crippen LogP contribution is -2.37. The van der Waals surface area contributed by atoms with Gasteiger partial charge in [-0.25, -0.2) is 4.98 Å². The number of aromatic nitrogens is 1. The fourth-order valence-electron chi connectivity index (χ4n) is 2.76. The smallest absolute Gasteiger partial charge is 0.143 e. The van der Waals surface area contributed by atoms with E-state index in [1.807, 2.05) is 6.20 Å². The lowest BCUT2D eigenvalue weighted by Gasteiger charge is -2.32. The van der Waals surface area contributed by atoms with Gasteiger partial charge in [0, 0.05) is 18.8 Å². The molecule has 1 aliphatic carbocycles. The molecule has 3 heteroatoms. The monoisotopic (exact) mass is 310 g/mol. The standard InChI is InChI=1S/C15H23BrN2/c1-11(2)10-18(13-6-4-5-7-13)15-14(16)8-12(3)9-17-15/h8-9,11,13H,4-7,10H2,1-3H3. The molecular weight excluding hydrogens is 288 g/mol. The second-order valence-electron chi connectivity index (χ2n) is 5.80. The third-order valence-electron chi connectivity index (χ3n) is 3.56. The summed E-state index contributed by atoms with van der Waals surface area (Å²) in [6, 6.07) is 2.85. The number of nitrogens with zero attached hydrogens (tertiary/aromatic N) is 2. The Morgan fingerprint density at radius 3 is 2.61 bits per heavy atom. The molecule has 0 radical (unpaired) electrons. The summed E-state index contributed by atoms with van der Waals surface area (Å²) in [5.74, 6) is 1.79. The summed E-state index contributed by atoms with van der Waals surface area (Å²) in [5, 5.41) is 0. The summed E-state index contributed by atoms with van der Waals surface area (Å²) in [4.78, 5) is 7.17. The SMILES string of the molecule is Cc1cnc(N(CC(C)C)C2CCCC2)c(Br)c1. The molecule has 18 heavy (non-hydrogen) atoms. The van der Waals surface area contributed by atoms with E-state index in [9.17, 15) is 0 Å². The molecule has 0 bridgehead atoms. The maximum Gasteiger partial charge on any atom is 0.143 e. The summed E-state index contributed by atoms with van der Waals surface area (Å²) in [7, 11) is 0. The summed E-state index contributed by atoms with van der Waals surface area (Å²) in [6.45, 7) is 7.75. The summed E-state index contributed by atoms with van der Waals surface area (Å²) in [5.41, 5.74) is 1.21. The Morgan fingerprint density at radius 2 is 2.06 bits per heavy atom. The van der Waals surface area contributed by atoms with Crippen molar-refractivity contribution in [2.24, 2.45) is 5.92 Å². The van der Waals surface area contributed by atoms with Gasteiger partial charge < -0.3 is 4.90 Å². The number of hydrogen-bond acceptors (Lipinski definition) is 2. The zero-order valence-corrected chi connectivity index (χ0v) is 13.2. The molecule has 0 amide bonds. The van der Waals surface area contributed by atoms with Gasteiger partial charge in [-0.15, -0.1) is 0 Å². The Hall–Kier alpha value is -0.570. The first-order chi connectivity index (χ1) is 8.58. The van der Waals surface area contributed by atoms with Crippen molar-refractivity contribution >= 4 is 21.7 Å². The second-order valence-corrected chi connectivity index (χ2v) is 6.66. The van der Waals surface area contributed by atoms with E-state index in [0.29, 0.717) is 12.0 Å². The van der Waals surface area contributed by atoms with Crippen LogP contribution in [0.3, 0.4) is 0 Å². The minimum atomic E-state index is 0.667. The highest BCUT2D eigenvalue weighted by atomic mass is 79.9. The highest BCUT2D eigenvalue weighted by molar-refractivity contribution is 9.10. The minimum absolute atomic E-state index is 0.667. The maximum atomic E-state index is 4.65. The van der Waals surface area contributed by atoms with Crippen LogP contribution in [0.5, 0.6) is 0 Å². The van der Waals surface area contributed by atoms with Crippen molar-refractivity contribution in [1.82, 2.24) is 4.98 Å². The number of rotatable bonds is 4. The molecule has 2 nitrogen and oxygen atoms in total. The van der Waals surface area contributed by atoms with E-state index >= 15 is 0 Å². The summed E-state index contributed by atoms with van der Waals surface area (Å²) in [6.07, 6.45) is 7.33. The van der Waals surface area contributed by atoms with Crippen molar-refractivity contribution in [1.29, 1.82) is 0 Å². The van der Waals surface area contributed by atoms with Crippen LogP contribution in [-0.4, -0.2) is 17.6 Å². The van der Waals surface area contributed by atoms with Crippen molar-refractivity contribution in [2.75, 3.05) is 11.4 Å². The predicted molar refractivity (Wildman–Crippen MR) is 81.1 cm³/mol. The molecule has 0 unspecified atom stereocenters. The maximum absolute atomic E-state index is 4.65. The molecular formula is C15H23BrN2. The number of halogens is 1. The van der Waals surface area contributed by atoms with Crippen molar-refractivity contribution in [3.8, 4) is 0 Å². The first-order valence-electron chi connectivity index (χ1n) is 6.96. The fraction of sp³-hybridized carbons (Fsp3) is 0.667. The summed E-state index contributed by atoms with van der Waals surface area (Å²) < 4.78 is 1.13. The molecule has 0 spiro atoms. The van der Waals surface area contributed by atoms with Crippen LogP contribution < -0.4 is 4.90 Å². The van der Waals surface area contributed by atoms with Gasteiger partial charge in [0.1, 0.15) is 5.82 Å². The van der Waals surface area contributed by atoms with Gasteiger partial charge >= 0.3 is 0 Å². The van der Waals surface area contributed by atoms with Gasteiger partial charge in [-0.1, -0.05) is 26.7 Å². The first-order valence-corrected chi connectivity index (χ1v) is 7.76. The van der Waals surface area contributed by atoms with E-state index in [4.69, 9.17) is 0 Å². The largest absolute Gasteiger partial charge is 0.352 e. The molecule has 1 aromatic rings. The summed E-state index contributed by atoms with van der Waals surface area (Å²) >= 11 is 3.68. The molecule has 100 valence electrons. The van der Waals surface area contributed by atoms with E-state index in [2.05, 4.69) is 52.7 Å². The third kappa shape index (κ3) is 3.25. The van der Waals surface area contributed by atoms with Crippen LogP contribution in [0.4, 0.5) is 5.82 Å². The highest BCUT2D eigenvalue weighted by Crippen LogP contribution is 2.32. The van der Waals surface area contributed by atoms with Crippen molar-refractivity contribution < 1.29 is 0 Å². The van der Waals surface area contributed by atoms with Gasteiger partial charge in [-0.3, -0.25) is 0 Å². The molecule has 1 fully saturated rings. The Labute approximate surface area is 119 Å². The molecule has 0 N–H and O–H groups in total. The molecule has 1 aliphatic rings. The molecule has 0 aliphatic heterocycles. The van der Waals surface area contributed by atoms with Crippen molar-refractivity contribution in [2.45, 2.75) is 52.5 Å². The van der Waals surface area contributed by atoms with Crippen LogP contribution in [0.1, 0.15) is 45.1 Å². The van der Waals surface area contributed by atoms with Crippen LogP contribution in [-0.2, 0) is 0 Å². The van der Waals surface area contributed by atoms with E-state index in [0.717, 1.165) is 16.8 Å². The lowest BCUT2D eigenvalue weighted by atomic mass is 10.1. The number of aryl methyl sites for hydroxylation is 1. The highest BCUT2D eigenvalue weighted by Gasteiger charge is 2.25. The number of anilines is 1. The van der Waals surface area contributed by atoms with Gasteiger partial charge in [0.2, 0.25) is 0 Å². The Bertz CT molecular complexity index is 397. The molecule has 0 saturated heterocycles. The Morgan fingerprint density at radius 1 is 1.39 bits per heavy atom. The number of hydrogen-bond donors (Lipinski definition) is 0. The lowest BCUT2D eigenvalue weighted by molar-refractivity contribution is 0.530. The molecule has 1 aromatic heterocycles. The molecule has 1 saturated carbocycles. The minimum Gasteiger partial charge on any atom is -0.352 e. The molecule has 1 heterocycles. The average molecular weight is 311 g/mol. The van der Waals surface area contributed by atoms with Crippen molar-refractivity contribution in [3.63, 3.8) is 0 Å². The van der Waals surface area contributed by atoms with Gasteiger partial charge in [-0.05, 0) is 53.2 Å². The first kappa shape index (κ1) is 13.9. The van der Waals surface area contributed by atoms with E-state index in [-0.39, 0.29) is 0 Å². The molecule has 2 rings (SSSR count). The quantitative estimate of drug-likeness (QED) is 0.810. The van der Waals surface area contributed by atoms with Gasteiger partial charge in [-0.2, -0.15) is 0 Å². The van der Waals surface area contributed by atoms with E-state index in [1.165, 1.54) is 31.2 Å². The fourth-order valence-corrected chi connectivity index (χ4v) is 3.45. The third-order valence-corrected chi connectivity index (χ3v) is 4.14. The zero-order valence-electron chi connectivity index (χ0n) is 11.6. The van der Waals surface area contributed by atoms with Gasteiger partial charge in [0.05, 0.1) is 4.47 Å². The van der Waals surface area contributed by atoms with Gasteiger partial charge in [0.15, 0.2) is 0 Å². The average Bonchev–Trinajstić information content (AvgIpc) is 2.79. The van der Waals surface area contributed by atoms with Crippen LogP contribution in [0.15, 0.2) is 16.7 Å². The topological polar surface area (TPSA) is 16.1 Å². The zero-order chi connectivity index (χ0) is 13.1. The second kappa shape index (κ2) is 6.05. The van der Waals surface area contributed by atoms with Crippen LogP contribution in [0.25, 0.3) is 0 Å². The van der Waals surface area contributed by atoms with Crippen LogP contribution >= 0.6 is 15.9 Å². The Kier molecular flexibility index (Phi) is 4.66.